The number of ether oxygens (including phenoxy) is 1. The predicted molar refractivity (Wildman–Crippen MR) is 127 cm³/mol. The number of sulfonamides is 1. The van der Waals surface area contributed by atoms with Gasteiger partial charge in [0.2, 0.25) is 0 Å². The lowest BCUT2D eigenvalue weighted by Crippen LogP contribution is -2.15. The summed E-state index contributed by atoms with van der Waals surface area (Å²) in [4.78, 5) is 13.0. The summed E-state index contributed by atoms with van der Waals surface area (Å²) in [5.41, 5.74) is 2.31. The topological polar surface area (TPSA) is 84.5 Å². The summed E-state index contributed by atoms with van der Waals surface area (Å²) in [6.07, 6.45) is 0. The maximum atomic E-state index is 12.9. The van der Waals surface area contributed by atoms with E-state index in [0.29, 0.717) is 22.7 Å². The van der Waals surface area contributed by atoms with Crippen LogP contribution in [0.2, 0.25) is 0 Å². The van der Waals surface area contributed by atoms with Gasteiger partial charge in [0, 0.05) is 11.4 Å². The molecular formula is C25H22N2O4S. The third-order valence-corrected chi connectivity index (χ3v) is 6.40. The van der Waals surface area contributed by atoms with Gasteiger partial charge in [0.15, 0.2) is 0 Å². The second-order valence-corrected chi connectivity index (χ2v) is 9.04. The lowest BCUT2D eigenvalue weighted by Gasteiger charge is -2.12. The largest absolute Gasteiger partial charge is 0.496 e. The minimum atomic E-state index is -3.75. The molecule has 2 N–H and O–H groups in total. The average molecular weight is 447 g/mol. The molecule has 0 fully saturated rings. The molecule has 0 bridgehead atoms. The fourth-order valence-corrected chi connectivity index (χ4v) is 4.45. The van der Waals surface area contributed by atoms with Crippen molar-refractivity contribution < 1.29 is 17.9 Å². The van der Waals surface area contributed by atoms with Crippen LogP contribution in [0.5, 0.6) is 5.75 Å². The van der Waals surface area contributed by atoms with E-state index in [1.54, 1.807) is 36.4 Å². The number of fused-ring (bicyclic) bond motifs is 1. The Kier molecular flexibility index (Phi) is 5.83. The Balaban J connectivity index is 1.54. The number of benzene rings is 4. The minimum Gasteiger partial charge on any atom is -0.496 e. The number of hydrogen-bond acceptors (Lipinski definition) is 4. The highest BCUT2D eigenvalue weighted by molar-refractivity contribution is 7.92. The van der Waals surface area contributed by atoms with Crippen molar-refractivity contribution in [3.8, 4) is 5.75 Å². The van der Waals surface area contributed by atoms with Crippen LogP contribution in [0.15, 0.2) is 89.8 Å². The molecule has 0 saturated heterocycles. The number of anilines is 2. The second kappa shape index (κ2) is 8.72. The number of nitrogens with one attached hydrogen (secondary N) is 2. The van der Waals surface area contributed by atoms with Gasteiger partial charge >= 0.3 is 0 Å². The normalized spacial score (nSPS) is 11.2. The Morgan fingerprint density at radius 2 is 1.50 bits per heavy atom. The van der Waals surface area contributed by atoms with Crippen molar-refractivity contribution in [2.75, 3.05) is 17.1 Å². The fraction of sp³-hybridized carbons (Fsp3) is 0.0800. The van der Waals surface area contributed by atoms with Crippen LogP contribution in [0.25, 0.3) is 10.8 Å². The molecule has 0 aliphatic heterocycles. The van der Waals surface area contributed by atoms with E-state index in [1.807, 2.05) is 43.3 Å². The monoisotopic (exact) mass is 446 g/mol. The third-order valence-electron chi connectivity index (χ3n) is 5.01. The Bertz CT molecular complexity index is 1400. The first kappa shape index (κ1) is 21.4. The average Bonchev–Trinajstić information content (AvgIpc) is 2.78. The molecule has 0 saturated carbocycles. The molecular weight excluding hydrogens is 424 g/mol. The summed E-state index contributed by atoms with van der Waals surface area (Å²) in [5, 5.41) is 4.69. The molecule has 0 radical (unpaired) electrons. The zero-order chi connectivity index (χ0) is 22.7. The van der Waals surface area contributed by atoms with Crippen LogP contribution in [-0.4, -0.2) is 21.4 Å². The molecule has 32 heavy (non-hydrogen) atoms. The summed E-state index contributed by atoms with van der Waals surface area (Å²) in [5.74, 6) is 0.115. The van der Waals surface area contributed by atoms with Gasteiger partial charge in [0.05, 0.1) is 17.6 Å². The summed E-state index contributed by atoms with van der Waals surface area (Å²) in [6, 6.07) is 24.4. The first-order valence-electron chi connectivity index (χ1n) is 9.93. The summed E-state index contributed by atoms with van der Waals surface area (Å²) in [6.45, 7) is 1.89. The molecule has 4 aromatic rings. The highest BCUT2D eigenvalue weighted by Crippen LogP contribution is 2.27. The smallest absolute Gasteiger partial charge is 0.261 e. The molecule has 0 aliphatic rings. The third kappa shape index (κ3) is 4.58. The van der Waals surface area contributed by atoms with Gasteiger partial charge in [0.1, 0.15) is 5.75 Å². The quantitative estimate of drug-likeness (QED) is 0.426. The van der Waals surface area contributed by atoms with E-state index >= 15 is 0 Å². The van der Waals surface area contributed by atoms with Crippen molar-refractivity contribution in [3.63, 3.8) is 0 Å². The van der Waals surface area contributed by atoms with E-state index in [2.05, 4.69) is 10.0 Å². The Hall–Kier alpha value is -3.84. The molecule has 0 spiro atoms. The van der Waals surface area contributed by atoms with E-state index in [-0.39, 0.29) is 10.8 Å². The molecule has 1 amide bonds. The number of rotatable bonds is 6. The molecule has 0 unspecified atom stereocenters. The number of hydrogen-bond donors (Lipinski definition) is 2. The zero-order valence-corrected chi connectivity index (χ0v) is 18.4. The molecule has 0 aliphatic carbocycles. The highest BCUT2D eigenvalue weighted by atomic mass is 32.2. The fourth-order valence-electron chi connectivity index (χ4n) is 3.40. The van der Waals surface area contributed by atoms with Gasteiger partial charge in [-0.05, 0) is 71.8 Å². The van der Waals surface area contributed by atoms with E-state index in [1.165, 1.54) is 19.2 Å². The van der Waals surface area contributed by atoms with Crippen LogP contribution in [0, 0.1) is 6.92 Å². The van der Waals surface area contributed by atoms with Crippen LogP contribution < -0.4 is 14.8 Å². The van der Waals surface area contributed by atoms with Crippen molar-refractivity contribution in [3.05, 3.63) is 96.1 Å². The zero-order valence-electron chi connectivity index (χ0n) is 17.6. The van der Waals surface area contributed by atoms with E-state index in [9.17, 15) is 13.2 Å². The Morgan fingerprint density at radius 3 is 2.16 bits per heavy atom. The first-order chi connectivity index (χ1) is 15.4. The minimum absolute atomic E-state index is 0.0975. The van der Waals surface area contributed by atoms with Crippen LogP contribution in [0.3, 0.4) is 0 Å². The predicted octanol–water partition coefficient (Wildman–Crippen LogP) is 5.21. The van der Waals surface area contributed by atoms with Gasteiger partial charge in [-0.2, -0.15) is 0 Å². The van der Waals surface area contributed by atoms with Crippen molar-refractivity contribution >= 4 is 38.1 Å². The molecule has 0 atom stereocenters. The van der Waals surface area contributed by atoms with Gasteiger partial charge < -0.3 is 10.1 Å². The number of carbonyl (C=O) groups excluding carboxylic acids is 1. The first-order valence-corrected chi connectivity index (χ1v) is 11.4. The number of carbonyl (C=O) groups is 1. The molecule has 7 heteroatoms. The molecule has 0 heterocycles. The van der Waals surface area contributed by atoms with Crippen molar-refractivity contribution in [2.45, 2.75) is 11.8 Å². The number of aryl methyl sites for hydroxylation is 1. The highest BCUT2D eigenvalue weighted by Gasteiger charge is 2.16. The van der Waals surface area contributed by atoms with Crippen molar-refractivity contribution in [1.82, 2.24) is 0 Å². The van der Waals surface area contributed by atoms with Gasteiger partial charge in [-0.15, -0.1) is 0 Å². The molecule has 4 aromatic carbocycles. The lowest BCUT2D eigenvalue weighted by molar-refractivity contribution is 0.102. The van der Waals surface area contributed by atoms with Crippen LogP contribution in [0.4, 0.5) is 11.4 Å². The van der Waals surface area contributed by atoms with E-state index < -0.39 is 10.0 Å². The molecule has 6 nitrogen and oxygen atoms in total. The molecule has 4 rings (SSSR count). The van der Waals surface area contributed by atoms with Crippen LogP contribution in [-0.2, 0) is 10.0 Å². The lowest BCUT2D eigenvalue weighted by atomic mass is 10.1. The van der Waals surface area contributed by atoms with Crippen molar-refractivity contribution in [1.29, 1.82) is 0 Å². The maximum Gasteiger partial charge on any atom is 0.261 e. The summed E-state index contributed by atoms with van der Waals surface area (Å²) >= 11 is 0. The standard InChI is InChI=1S/C25H22N2O4S/c1-17-6-5-9-21(14-17)27-32(29,30)22-12-10-20(11-13-22)26-25(28)23-15-18-7-3-4-8-19(18)16-24(23)31-2/h3-16,27H,1-2H3,(H,26,28). The van der Waals surface area contributed by atoms with E-state index in [0.717, 1.165) is 16.3 Å². The summed E-state index contributed by atoms with van der Waals surface area (Å²) in [7, 11) is -2.23. The molecule has 162 valence electrons. The number of methoxy groups -OCH3 is 1. The maximum absolute atomic E-state index is 12.9. The Morgan fingerprint density at radius 1 is 0.812 bits per heavy atom. The molecule has 0 aromatic heterocycles. The SMILES string of the molecule is COc1cc2ccccc2cc1C(=O)Nc1ccc(S(=O)(=O)Nc2cccc(C)c2)cc1. The van der Waals surface area contributed by atoms with Crippen LogP contribution in [0.1, 0.15) is 15.9 Å². The second-order valence-electron chi connectivity index (χ2n) is 7.35. The van der Waals surface area contributed by atoms with Crippen LogP contribution >= 0.6 is 0 Å². The Labute approximate surface area is 186 Å². The number of amides is 1. The van der Waals surface area contributed by atoms with Gasteiger partial charge in [-0.3, -0.25) is 9.52 Å². The van der Waals surface area contributed by atoms with Gasteiger partial charge in [-0.1, -0.05) is 36.4 Å². The van der Waals surface area contributed by atoms with Gasteiger partial charge in [0.25, 0.3) is 15.9 Å². The van der Waals surface area contributed by atoms with Crippen molar-refractivity contribution in [2.24, 2.45) is 0 Å². The van der Waals surface area contributed by atoms with Gasteiger partial charge in [-0.25, -0.2) is 8.42 Å². The summed E-state index contributed by atoms with van der Waals surface area (Å²) < 4.78 is 33.3. The van der Waals surface area contributed by atoms with E-state index in [4.69, 9.17) is 4.74 Å².